The Hall–Kier alpha value is -1.92. The fraction of sp³-hybridized carbons (Fsp3) is 0.350. The van der Waals surface area contributed by atoms with E-state index in [9.17, 15) is 4.79 Å². The second-order valence-corrected chi connectivity index (χ2v) is 8.81. The lowest BCUT2D eigenvalue weighted by molar-refractivity contribution is -0.118. The van der Waals surface area contributed by atoms with Gasteiger partial charge in [-0.05, 0) is 36.3 Å². The highest BCUT2D eigenvalue weighted by Gasteiger charge is 2.23. The van der Waals surface area contributed by atoms with Gasteiger partial charge in [0.25, 0.3) is 0 Å². The number of hydrogen-bond donors (Lipinski definition) is 1. The minimum absolute atomic E-state index is 0.0309. The first-order valence-corrected chi connectivity index (χ1v) is 10.7. The topological polar surface area (TPSA) is 54.9 Å². The summed E-state index contributed by atoms with van der Waals surface area (Å²) in [6.07, 6.45) is 5.07. The summed E-state index contributed by atoms with van der Waals surface area (Å²) in [6, 6.07) is 9.97. The van der Waals surface area contributed by atoms with Crippen LogP contribution in [0.1, 0.15) is 29.3 Å². The molecule has 1 aliphatic carbocycles. The van der Waals surface area contributed by atoms with E-state index in [1.165, 1.54) is 34.0 Å². The van der Waals surface area contributed by atoms with Gasteiger partial charge >= 0.3 is 0 Å². The standard InChI is InChI=1S/C20H21N3OS2/c1-13-7-8-15-16(9-13)26-20-18(15)19(22-12-23-20)25-11-17(24)21-10-14-5-3-2-4-6-14/h2-6,12-13H,7-11H2,1H3,(H,21,24). The smallest absolute Gasteiger partial charge is 0.230 e. The zero-order valence-electron chi connectivity index (χ0n) is 14.7. The van der Waals surface area contributed by atoms with Gasteiger partial charge in [0.05, 0.1) is 5.75 Å². The predicted octanol–water partition coefficient (Wildman–Crippen LogP) is 4.22. The van der Waals surface area contributed by atoms with Crippen LogP contribution in [0.2, 0.25) is 0 Å². The van der Waals surface area contributed by atoms with Crippen molar-refractivity contribution >= 4 is 39.2 Å². The van der Waals surface area contributed by atoms with Gasteiger partial charge in [0.15, 0.2) is 0 Å². The molecule has 0 radical (unpaired) electrons. The lowest BCUT2D eigenvalue weighted by Gasteiger charge is -2.18. The molecule has 0 saturated heterocycles. The molecular weight excluding hydrogens is 362 g/mol. The van der Waals surface area contributed by atoms with E-state index in [-0.39, 0.29) is 5.91 Å². The van der Waals surface area contributed by atoms with Crippen molar-refractivity contribution in [2.45, 2.75) is 37.8 Å². The molecule has 0 saturated carbocycles. The number of thiophene rings is 1. The second kappa shape index (κ2) is 7.76. The fourth-order valence-electron chi connectivity index (χ4n) is 3.34. The van der Waals surface area contributed by atoms with Crippen LogP contribution in [0.4, 0.5) is 0 Å². The van der Waals surface area contributed by atoms with Crippen molar-refractivity contribution in [1.29, 1.82) is 0 Å². The molecule has 134 valence electrons. The van der Waals surface area contributed by atoms with Gasteiger partial charge in [-0.1, -0.05) is 49.0 Å². The van der Waals surface area contributed by atoms with Crippen LogP contribution in [-0.2, 0) is 24.2 Å². The zero-order chi connectivity index (χ0) is 17.9. The van der Waals surface area contributed by atoms with Gasteiger partial charge in [0.2, 0.25) is 5.91 Å². The molecule has 0 aliphatic heterocycles. The summed E-state index contributed by atoms with van der Waals surface area (Å²) in [5.74, 6) is 1.15. The number of amides is 1. The van der Waals surface area contributed by atoms with Crippen molar-refractivity contribution in [2.75, 3.05) is 5.75 Å². The van der Waals surface area contributed by atoms with Crippen molar-refractivity contribution in [3.05, 3.63) is 52.7 Å². The number of benzene rings is 1. The average Bonchev–Trinajstić information content (AvgIpc) is 3.03. The fourth-order valence-corrected chi connectivity index (χ4v) is 5.61. The maximum absolute atomic E-state index is 12.2. The molecule has 26 heavy (non-hydrogen) atoms. The summed E-state index contributed by atoms with van der Waals surface area (Å²) in [4.78, 5) is 23.7. The number of aryl methyl sites for hydroxylation is 1. The molecule has 1 aliphatic rings. The molecule has 1 atom stereocenters. The lowest BCUT2D eigenvalue weighted by atomic mass is 9.89. The van der Waals surface area contributed by atoms with Gasteiger partial charge in [-0.3, -0.25) is 4.79 Å². The Morgan fingerprint density at radius 3 is 3.00 bits per heavy atom. The molecule has 1 N–H and O–H groups in total. The highest BCUT2D eigenvalue weighted by molar-refractivity contribution is 8.00. The van der Waals surface area contributed by atoms with Gasteiger partial charge in [-0.2, -0.15) is 0 Å². The second-order valence-electron chi connectivity index (χ2n) is 6.76. The molecule has 0 fully saturated rings. The quantitative estimate of drug-likeness (QED) is 0.529. The van der Waals surface area contributed by atoms with E-state index >= 15 is 0 Å². The molecule has 1 aromatic carbocycles. The Kier molecular flexibility index (Phi) is 5.22. The number of nitrogens with one attached hydrogen (secondary N) is 1. The summed E-state index contributed by atoms with van der Waals surface area (Å²) in [7, 11) is 0. The van der Waals surface area contributed by atoms with Crippen LogP contribution in [-0.4, -0.2) is 21.6 Å². The van der Waals surface area contributed by atoms with E-state index in [1.54, 1.807) is 17.7 Å². The molecule has 2 heterocycles. The summed E-state index contributed by atoms with van der Waals surface area (Å²) < 4.78 is 0. The molecule has 1 unspecified atom stereocenters. The van der Waals surface area contributed by atoms with Gasteiger partial charge in [0.1, 0.15) is 16.2 Å². The van der Waals surface area contributed by atoms with Crippen molar-refractivity contribution in [1.82, 2.24) is 15.3 Å². The van der Waals surface area contributed by atoms with Crippen LogP contribution in [0, 0.1) is 5.92 Å². The van der Waals surface area contributed by atoms with E-state index in [0.717, 1.165) is 34.2 Å². The lowest BCUT2D eigenvalue weighted by Crippen LogP contribution is -2.24. The SMILES string of the molecule is CC1CCc2c(sc3ncnc(SCC(=O)NCc4ccccc4)c23)C1. The van der Waals surface area contributed by atoms with Crippen LogP contribution >= 0.6 is 23.1 Å². The average molecular weight is 384 g/mol. The van der Waals surface area contributed by atoms with Crippen LogP contribution in [0.15, 0.2) is 41.7 Å². The molecule has 3 aromatic rings. The molecule has 2 aromatic heterocycles. The van der Waals surface area contributed by atoms with Gasteiger partial charge < -0.3 is 5.32 Å². The van der Waals surface area contributed by atoms with Crippen molar-refractivity contribution in [3.8, 4) is 0 Å². The third kappa shape index (κ3) is 3.76. The monoisotopic (exact) mass is 383 g/mol. The molecule has 4 rings (SSSR count). The maximum atomic E-state index is 12.2. The van der Waals surface area contributed by atoms with Crippen molar-refractivity contribution < 1.29 is 4.79 Å². The number of rotatable bonds is 5. The van der Waals surface area contributed by atoms with Crippen LogP contribution < -0.4 is 5.32 Å². The number of carbonyl (C=O) groups is 1. The Labute approximate surface area is 161 Å². The third-order valence-corrected chi connectivity index (χ3v) is 6.88. The molecular formula is C20H21N3OS2. The number of aromatic nitrogens is 2. The Balaban J connectivity index is 1.45. The van der Waals surface area contributed by atoms with E-state index in [0.29, 0.717) is 12.3 Å². The normalized spacial score (nSPS) is 16.4. The number of fused-ring (bicyclic) bond motifs is 3. The first-order valence-electron chi connectivity index (χ1n) is 8.89. The predicted molar refractivity (Wildman–Crippen MR) is 108 cm³/mol. The van der Waals surface area contributed by atoms with Gasteiger partial charge in [-0.25, -0.2) is 9.97 Å². The summed E-state index contributed by atoms with van der Waals surface area (Å²) in [5.41, 5.74) is 2.52. The summed E-state index contributed by atoms with van der Waals surface area (Å²) >= 11 is 3.31. The highest BCUT2D eigenvalue weighted by atomic mass is 32.2. The number of thioether (sulfide) groups is 1. The molecule has 6 heteroatoms. The first kappa shape index (κ1) is 17.5. The summed E-state index contributed by atoms with van der Waals surface area (Å²) in [5, 5.41) is 5.10. The van der Waals surface area contributed by atoms with E-state index in [2.05, 4.69) is 22.2 Å². The highest BCUT2D eigenvalue weighted by Crippen LogP contribution is 2.40. The van der Waals surface area contributed by atoms with Crippen LogP contribution in [0.3, 0.4) is 0 Å². The minimum Gasteiger partial charge on any atom is -0.351 e. The van der Waals surface area contributed by atoms with E-state index < -0.39 is 0 Å². The molecule has 0 spiro atoms. The Bertz CT molecular complexity index is 923. The van der Waals surface area contributed by atoms with E-state index in [4.69, 9.17) is 0 Å². The Morgan fingerprint density at radius 1 is 1.31 bits per heavy atom. The number of carbonyl (C=O) groups excluding carboxylic acids is 1. The van der Waals surface area contributed by atoms with Gasteiger partial charge in [0, 0.05) is 16.8 Å². The van der Waals surface area contributed by atoms with Crippen molar-refractivity contribution in [3.63, 3.8) is 0 Å². The molecule has 0 bridgehead atoms. The van der Waals surface area contributed by atoms with Crippen molar-refractivity contribution in [2.24, 2.45) is 5.92 Å². The van der Waals surface area contributed by atoms with Crippen LogP contribution in [0.25, 0.3) is 10.2 Å². The molecule has 4 nitrogen and oxygen atoms in total. The Morgan fingerprint density at radius 2 is 2.15 bits per heavy atom. The number of nitrogens with zero attached hydrogens (tertiary/aromatic N) is 2. The summed E-state index contributed by atoms with van der Waals surface area (Å²) in [6.45, 7) is 2.87. The third-order valence-electron chi connectivity index (χ3n) is 4.73. The number of hydrogen-bond acceptors (Lipinski definition) is 5. The largest absolute Gasteiger partial charge is 0.351 e. The zero-order valence-corrected chi connectivity index (χ0v) is 16.3. The van der Waals surface area contributed by atoms with Gasteiger partial charge in [-0.15, -0.1) is 11.3 Å². The van der Waals surface area contributed by atoms with Crippen LogP contribution in [0.5, 0.6) is 0 Å². The minimum atomic E-state index is 0.0309. The van der Waals surface area contributed by atoms with E-state index in [1.807, 2.05) is 30.3 Å². The maximum Gasteiger partial charge on any atom is 0.230 e. The molecule has 1 amide bonds. The first-order chi connectivity index (χ1) is 12.7.